The second kappa shape index (κ2) is 12.6. The number of carbonyl (C=O) groups is 4. The number of benzene rings is 1. The Kier molecular flexibility index (Phi) is 9.64. The fraction of sp³-hybridized carbons (Fsp3) is 0.588. The predicted molar refractivity (Wildman–Crippen MR) is 157 cm³/mol. The Labute approximate surface area is 256 Å². The van der Waals surface area contributed by atoms with Crippen LogP contribution in [0.25, 0.3) is 0 Å². The first-order chi connectivity index (χ1) is 20.6. The van der Waals surface area contributed by atoms with Crippen molar-refractivity contribution in [3.05, 3.63) is 59.2 Å². The van der Waals surface area contributed by atoms with Gasteiger partial charge < -0.3 is 14.8 Å². The molecule has 240 valence electrons. The van der Waals surface area contributed by atoms with E-state index in [1.807, 2.05) is 26.0 Å². The van der Waals surface area contributed by atoms with E-state index in [0.717, 1.165) is 30.4 Å². The van der Waals surface area contributed by atoms with Gasteiger partial charge in [0.2, 0.25) is 5.91 Å². The second-order valence-corrected chi connectivity index (χ2v) is 12.9. The minimum atomic E-state index is -5.20. The maximum Gasteiger partial charge on any atom is 0.432 e. The molecule has 3 aliphatic rings. The average molecular weight is 618 g/mol. The van der Waals surface area contributed by atoms with Crippen molar-refractivity contribution in [1.82, 2.24) is 5.32 Å². The molecule has 1 aromatic rings. The first-order valence-electron chi connectivity index (χ1n) is 15.2. The van der Waals surface area contributed by atoms with Gasteiger partial charge in [-0.15, -0.1) is 0 Å². The van der Waals surface area contributed by atoms with Crippen molar-refractivity contribution in [3.8, 4) is 0 Å². The van der Waals surface area contributed by atoms with Gasteiger partial charge in [0.05, 0.1) is 0 Å². The van der Waals surface area contributed by atoms with Gasteiger partial charge in [-0.05, 0) is 44.9 Å². The lowest BCUT2D eigenvalue weighted by atomic mass is 9.54. The second-order valence-electron chi connectivity index (χ2n) is 12.9. The van der Waals surface area contributed by atoms with E-state index in [1.54, 1.807) is 6.92 Å². The van der Waals surface area contributed by atoms with Gasteiger partial charge in [-0.1, -0.05) is 74.4 Å². The fourth-order valence-corrected chi connectivity index (χ4v) is 7.44. The molecule has 0 aromatic heterocycles. The molecule has 7 nitrogen and oxygen atoms in total. The third-order valence-corrected chi connectivity index (χ3v) is 9.71. The summed E-state index contributed by atoms with van der Waals surface area (Å²) in [5.41, 5.74) is -3.55. The summed E-state index contributed by atoms with van der Waals surface area (Å²) in [6, 6.07) is 6.17. The third-order valence-electron chi connectivity index (χ3n) is 9.71. The quantitative estimate of drug-likeness (QED) is 0.238. The highest BCUT2D eigenvalue weighted by molar-refractivity contribution is 6.10. The largest absolute Gasteiger partial charge is 0.452 e. The van der Waals surface area contributed by atoms with Crippen molar-refractivity contribution in [2.24, 2.45) is 29.1 Å². The van der Waals surface area contributed by atoms with Crippen molar-refractivity contribution in [3.63, 3.8) is 0 Å². The van der Waals surface area contributed by atoms with Gasteiger partial charge in [0, 0.05) is 43.4 Å². The average Bonchev–Trinajstić information content (AvgIpc) is 3.23. The monoisotopic (exact) mass is 617 g/mol. The van der Waals surface area contributed by atoms with Gasteiger partial charge in [-0.2, -0.15) is 13.2 Å². The first-order valence-corrected chi connectivity index (χ1v) is 15.2. The number of ketones is 2. The number of carbonyl (C=O) groups excluding carboxylic acids is 4. The van der Waals surface area contributed by atoms with Crippen LogP contribution in [0, 0.1) is 29.1 Å². The molecular formula is C34H42F3NO6. The SMILES string of the molecule is CO[C@@](C(=O)O[C@@H]1CC/C(C)=C/[C@H]2C=C(C)[C@@H](C)[C@H]3[C@H](CC(C)C)NC(=O)[C@]32C(=O)CCC1=O)(c1ccccc1)C(F)(F)F. The summed E-state index contributed by atoms with van der Waals surface area (Å²) in [5, 5.41) is 3.11. The molecule has 4 rings (SSSR count). The lowest BCUT2D eigenvalue weighted by molar-refractivity contribution is -0.278. The zero-order chi connectivity index (χ0) is 32.6. The summed E-state index contributed by atoms with van der Waals surface area (Å²) in [6.45, 7) is 9.92. The number of esters is 1. The number of methoxy groups -OCH3 is 1. The number of hydrogen-bond acceptors (Lipinski definition) is 6. The van der Waals surface area contributed by atoms with Crippen molar-refractivity contribution < 1.29 is 41.8 Å². The molecule has 10 heteroatoms. The van der Waals surface area contributed by atoms with Crippen LogP contribution in [0.2, 0.25) is 0 Å². The van der Waals surface area contributed by atoms with E-state index in [4.69, 9.17) is 9.47 Å². The summed E-state index contributed by atoms with van der Waals surface area (Å²) in [5.74, 6) is -3.85. The number of allylic oxidation sites excluding steroid dienone is 4. The summed E-state index contributed by atoms with van der Waals surface area (Å²) in [7, 11) is 0.764. The molecule has 1 N–H and O–H groups in total. The summed E-state index contributed by atoms with van der Waals surface area (Å²) >= 11 is 0. The molecule has 7 atom stereocenters. The van der Waals surface area contributed by atoms with Crippen molar-refractivity contribution in [1.29, 1.82) is 0 Å². The van der Waals surface area contributed by atoms with E-state index in [9.17, 15) is 32.3 Å². The number of halogens is 3. The zero-order valence-electron chi connectivity index (χ0n) is 26.1. The number of alkyl halides is 3. The Bertz CT molecular complexity index is 1350. The molecule has 1 fully saturated rings. The Morgan fingerprint density at radius 1 is 1.05 bits per heavy atom. The topological polar surface area (TPSA) is 98.8 Å². The molecule has 0 bridgehead atoms. The van der Waals surface area contributed by atoms with E-state index >= 15 is 0 Å². The molecule has 44 heavy (non-hydrogen) atoms. The highest BCUT2D eigenvalue weighted by Crippen LogP contribution is 2.55. The molecular weight excluding hydrogens is 575 g/mol. The molecule has 1 spiro atoms. The highest BCUT2D eigenvalue weighted by atomic mass is 19.4. The normalized spacial score (nSPS) is 32.3. The molecule has 1 aromatic carbocycles. The van der Waals surface area contributed by atoms with Crippen LogP contribution >= 0.6 is 0 Å². The van der Waals surface area contributed by atoms with Gasteiger partial charge in [0.1, 0.15) is 11.2 Å². The van der Waals surface area contributed by atoms with Crippen molar-refractivity contribution in [2.45, 2.75) is 90.6 Å². The van der Waals surface area contributed by atoms with Gasteiger partial charge >= 0.3 is 12.1 Å². The third kappa shape index (κ3) is 5.66. The molecule has 0 saturated carbocycles. The number of Topliss-reactive ketones (excluding diaryl/α,β-unsaturated/α-hetero) is 2. The lowest BCUT2D eigenvalue weighted by Crippen LogP contribution is -2.53. The van der Waals surface area contributed by atoms with Crippen LogP contribution in [0.4, 0.5) is 13.2 Å². The number of hydrogen-bond donors (Lipinski definition) is 1. The maximum absolute atomic E-state index is 14.5. The van der Waals surface area contributed by atoms with Crippen LogP contribution in [0.3, 0.4) is 0 Å². The minimum absolute atomic E-state index is 0.0661. The van der Waals surface area contributed by atoms with Crippen molar-refractivity contribution in [2.75, 3.05) is 7.11 Å². The molecule has 1 heterocycles. The van der Waals surface area contributed by atoms with Gasteiger partial charge in [0.25, 0.3) is 5.60 Å². The van der Waals surface area contributed by atoms with Crippen molar-refractivity contribution >= 4 is 23.4 Å². The smallest absolute Gasteiger partial charge is 0.432 e. The first kappa shape index (κ1) is 33.6. The van der Waals surface area contributed by atoms with E-state index < -0.39 is 46.5 Å². The number of nitrogens with one attached hydrogen (secondary N) is 1. The van der Waals surface area contributed by atoms with E-state index in [-0.39, 0.29) is 61.2 Å². The van der Waals surface area contributed by atoms with Crippen LogP contribution in [-0.4, -0.2) is 48.9 Å². The Morgan fingerprint density at radius 2 is 1.70 bits per heavy atom. The number of amides is 1. The molecule has 0 unspecified atom stereocenters. The summed E-state index contributed by atoms with van der Waals surface area (Å²) in [6.07, 6.45) is -2.79. The zero-order valence-corrected chi connectivity index (χ0v) is 26.1. The molecule has 1 saturated heterocycles. The molecule has 1 aliphatic heterocycles. The molecule has 1 amide bonds. The summed E-state index contributed by atoms with van der Waals surface area (Å²) in [4.78, 5) is 55.0. The summed E-state index contributed by atoms with van der Waals surface area (Å²) < 4.78 is 53.7. The van der Waals surface area contributed by atoms with Gasteiger partial charge in [-0.3, -0.25) is 14.4 Å². The van der Waals surface area contributed by atoms with Crippen LogP contribution < -0.4 is 5.32 Å². The number of ether oxygens (including phenoxy) is 2. The minimum Gasteiger partial charge on any atom is -0.452 e. The van der Waals surface area contributed by atoms with Gasteiger partial charge in [0.15, 0.2) is 11.9 Å². The highest BCUT2D eigenvalue weighted by Gasteiger charge is 2.66. The van der Waals surface area contributed by atoms with Crippen LogP contribution in [0.15, 0.2) is 53.6 Å². The fourth-order valence-electron chi connectivity index (χ4n) is 7.44. The predicted octanol–water partition coefficient (Wildman–Crippen LogP) is 6.02. The van der Waals surface area contributed by atoms with E-state index in [1.165, 1.54) is 18.2 Å². The molecule has 2 aliphatic carbocycles. The van der Waals surface area contributed by atoms with E-state index in [2.05, 4.69) is 19.2 Å². The standard InChI is InChI=1S/C34H42F3NO6/c1-19(2)16-25-29-22(5)21(4)18-24-17-20(3)12-14-27(26(39)13-15-28(40)32(24,29)30(41)38-25)44-31(42)33(43-6,34(35,36)37)23-10-8-7-9-11-23/h7-11,17-19,22,24-25,27,29H,12-16H2,1-6H3,(H,38,41)/b20-17+/t22-,24+,25+,27-,29+,32-,33-/m1/s1. The van der Waals surface area contributed by atoms with Crippen LogP contribution in [-0.2, 0) is 34.3 Å². The Morgan fingerprint density at radius 3 is 2.30 bits per heavy atom. The van der Waals surface area contributed by atoms with Gasteiger partial charge in [-0.25, -0.2) is 4.79 Å². The Hall–Kier alpha value is -3.27. The Balaban J connectivity index is 1.71. The lowest BCUT2D eigenvalue weighted by Gasteiger charge is -2.45. The number of rotatable bonds is 6. The van der Waals surface area contributed by atoms with Crippen LogP contribution in [0.1, 0.15) is 72.3 Å². The maximum atomic E-state index is 14.5. The molecule has 0 radical (unpaired) electrons. The van der Waals surface area contributed by atoms with Crippen LogP contribution in [0.5, 0.6) is 0 Å². The van der Waals surface area contributed by atoms with E-state index in [0.29, 0.717) is 6.42 Å².